The Morgan fingerprint density at radius 1 is 0.857 bits per heavy atom. The van der Waals surface area contributed by atoms with Gasteiger partial charge in [0.1, 0.15) is 0 Å². The Bertz CT molecular complexity index is 998. The second kappa shape index (κ2) is 4.35. The van der Waals surface area contributed by atoms with E-state index in [0.29, 0.717) is 0 Å². The summed E-state index contributed by atoms with van der Waals surface area (Å²) in [7, 11) is 1.41. The Morgan fingerprint density at radius 2 is 1.52 bits per heavy atom. The quantitative estimate of drug-likeness (QED) is 0.471. The third-order valence-electron chi connectivity index (χ3n) is 3.90. The molecule has 3 heteroatoms. The van der Waals surface area contributed by atoms with Crippen LogP contribution in [0.3, 0.4) is 0 Å². The van der Waals surface area contributed by atoms with Gasteiger partial charge in [-0.2, -0.15) is 0 Å². The molecule has 0 N–H and O–H groups in total. The second-order valence-electron chi connectivity index (χ2n) is 5.04. The van der Waals surface area contributed by atoms with Crippen molar-refractivity contribution in [2.45, 2.75) is 0 Å². The van der Waals surface area contributed by atoms with Crippen molar-refractivity contribution < 1.29 is 9.53 Å². The van der Waals surface area contributed by atoms with Crippen LogP contribution in [0.25, 0.3) is 32.6 Å². The maximum Gasteiger partial charge on any atom is 0.418 e. The number of hydrogen-bond acceptors (Lipinski definition) is 2. The highest BCUT2D eigenvalue weighted by Gasteiger charge is 2.16. The Morgan fingerprint density at radius 3 is 2.29 bits per heavy atom. The Labute approximate surface area is 121 Å². The van der Waals surface area contributed by atoms with Gasteiger partial charge in [0.25, 0.3) is 0 Å². The van der Waals surface area contributed by atoms with Crippen molar-refractivity contribution in [1.82, 2.24) is 4.57 Å². The van der Waals surface area contributed by atoms with Gasteiger partial charge < -0.3 is 4.74 Å². The molecule has 0 bridgehead atoms. The predicted octanol–water partition coefficient (Wildman–Crippen LogP) is 4.56. The number of hydrogen-bond donors (Lipinski definition) is 0. The fraction of sp³-hybridized carbons (Fsp3) is 0.0556. The lowest BCUT2D eigenvalue weighted by atomic mass is 10.1. The highest BCUT2D eigenvalue weighted by molar-refractivity contribution is 6.16. The molecule has 3 aromatic carbocycles. The molecule has 0 amide bonds. The topological polar surface area (TPSA) is 31.2 Å². The maximum atomic E-state index is 12.2. The van der Waals surface area contributed by atoms with Crippen LogP contribution in [0.1, 0.15) is 0 Å². The average Bonchev–Trinajstić information content (AvgIpc) is 2.85. The molecule has 1 aromatic heterocycles. The van der Waals surface area contributed by atoms with E-state index in [1.165, 1.54) is 7.11 Å². The van der Waals surface area contributed by atoms with E-state index in [-0.39, 0.29) is 6.09 Å². The van der Waals surface area contributed by atoms with Crippen LogP contribution in [0.4, 0.5) is 4.79 Å². The molecule has 0 aliphatic rings. The maximum absolute atomic E-state index is 12.2. The van der Waals surface area contributed by atoms with Crippen LogP contribution in [0.5, 0.6) is 0 Å². The Balaban J connectivity index is 2.26. The summed E-state index contributed by atoms with van der Waals surface area (Å²) in [5, 5.41) is 4.40. The van der Waals surface area contributed by atoms with Crippen molar-refractivity contribution in [2.75, 3.05) is 7.11 Å². The normalized spacial score (nSPS) is 11.3. The second-order valence-corrected chi connectivity index (χ2v) is 5.04. The molecular formula is C18H13NO2. The molecule has 21 heavy (non-hydrogen) atoms. The first kappa shape index (κ1) is 12.0. The summed E-state index contributed by atoms with van der Waals surface area (Å²) in [6.07, 6.45) is -0.364. The van der Waals surface area contributed by atoms with Crippen LogP contribution >= 0.6 is 0 Å². The molecule has 102 valence electrons. The fourth-order valence-electron chi connectivity index (χ4n) is 2.94. The lowest BCUT2D eigenvalue weighted by Crippen LogP contribution is -2.10. The molecule has 0 fully saturated rings. The zero-order valence-corrected chi connectivity index (χ0v) is 11.5. The van der Waals surface area contributed by atoms with Gasteiger partial charge in [-0.05, 0) is 29.0 Å². The number of carbonyl (C=O) groups is 1. The Hall–Kier alpha value is -2.81. The lowest BCUT2D eigenvalue weighted by Gasteiger charge is -2.04. The fourth-order valence-corrected chi connectivity index (χ4v) is 2.94. The van der Waals surface area contributed by atoms with Gasteiger partial charge in [-0.25, -0.2) is 9.36 Å². The monoisotopic (exact) mass is 275 g/mol. The first-order valence-electron chi connectivity index (χ1n) is 6.80. The van der Waals surface area contributed by atoms with Crippen molar-refractivity contribution >= 4 is 38.7 Å². The van der Waals surface area contributed by atoms with E-state index < -0.39 is 0 Å². The van der Waals surface area contributed by atoms with Gasteiger partial charge in [-0.3, -0.25) is 0 Å². The largest absolute Gasteiger partial charge is 0.452 e. The summed E-state index contributed by atoms with van der Waals surface area (Å²) in [4.78, 5) is 12.2. The van der Waals surface area contributed by atoms with E-state index >= 15 is 0 Å². The van der Waals surface area contributed by atoms with E-state index in [4.69, 9.17) is 4.74 Å². The molecular weight excluding hydrogens is 262 g/mol. The molecule has 4 aromatic rings. The van der Waals surface area contributed by atoms with Gasteiger partial charge in [0.15, 0.2) is 0 Å². The smallest absolute Gasteiger partial charge is 0.418 e. The van der Waals surface area contributed by atoms with Crippen LogP contribution in [-0.4, -0.2) is 17.8 Å². The van der Waals surface area contributed by atoms with E-state index in [9.17, 15) is 4.79 Å². The van der Waals surface area contributed by atoms with Crippen LogP contribution < -0.4 is 0 Å². The minimum atomic E-state index is -0.364. The van der Waals surface area contributed by atoms with Crippen LogP contribution in [-0.2, 0) is 4.74 Å². The summed E-state index contributed by atoms with van der Waals surface area (Å²) in [6, 6.07) is 20.2. The van der Waals surface area contributed by atoms with E-state index in [2.05, 4.69) is 12.1 Å². The molecule has 0 aliphatic heterocycles. The average molecular weight is 275 g/mol. The van der Waals surface area contributed by atoms with Crippen molar-refractivity contribution in [1.29, 1.82) is 0 Å². The standard InChI is InChI=1S/C18H13NO2/c1-21-18(20)19-16-9-5-4-8-14(16)15-10-12-6-2-3-7-13(12)11-17(15)19/h2-11H,1H3. The zero-order chi connectivity index (χ0) is 14.4. The summed E-state index contributed by atoms with van der Waals surface area (Å²) in [6.45, 7) is 0. The van der Waals surface area contributed by atoms with E-state index in [1.54, 1.807) is 4.57 Å². The predicted molar refractivity (Wildman–Crippen MR) is 84.8 cm³/mol. The molecule has 0 saturated heterocycles. The summed E-state index contributed by atoms with van der Waals surface area (Å²) < 4.78 is 6.58. The van der Waals surface area contributed by atoms with Gasteiger partial charge in [0.05, 0.1) is 18.1 Å². The summed E-state index contributed by atoms with van der Waals surface area (Å²) >= 11 is 0. The van der Waals surface area contributed by atoms with Gasteiger partial charge in [0.2, 0.25) is 0 Å². The SMILES string of the molecule is COC(=O)n1c2ccccc2c2cc3ccccc3cc21. The minimum absolute atomic E-state index is 0.364. The number of rotatable bonds is 0. The van der Waals surface area contributed by atoms with Crippen molar-refractivity contribution in [3.63, 3.8) is 0 Å². The number of aromatic nitrogens is 1. The first-order valence-corrected chi connectivity index (χ1v) is 6.80. The number of benzene rings is 3. The molecule has 3 nitrogen and oxygen atoms in total. The molecule has 0 radical (unpaired) electrons. The van der Waals surface area contributed by atoms with Gasteiger partial charge in [-0.15, -0.1) is 0 Å². The summed E-state index contributed by atoms with van der Waals surface area (Å²) in [5.74, 6) is 0. The molecule has 0 saturated carbocycles. The van der Waals surface area contributed by atoms with Gasteiger partial charge in [0, 0.05) is 10.8 Å². The number of methoxy groups -OCH3 is 1. The number of nitrogens with zero attached hydrogens (tertiary/aromatic N) is 1. The third-order valence-corrected chi connectivity index (χ3v) is 3.90. The van der Waals surface area contributed by atoms with E-state index in [1.807, 2.05) is 48.5 Å². The number of para-hydroxylation sites is 1. The molecule has 0 spiro atoms. The number of carbonyl (C=O) groups excluding carboxylic acids is 1. The first-order chi connectivity index (χ1) is 10.3. The molecule has 0 aliphatic carbocycles. The zero-order valence-electron chi connectivity index (χ0n) is 11.5. The molecule has 0 unspecified atom stereocenters. The van der Waals surface area contributed by atoms with Crippen LogP contribution in [0, 0.1) is 0 Å². The highest BCUT2D eigenvalue weighted by Crippen LogP contribution is 2.32. The van der Waals surface area contributed by atoms with Gasteiger partial charge in [-0.1, -0.05) is 42.5 Å². The van der Waals surface area contributed by atoms with Crippen molar-refractivity contribution in [3.8, 4) is 0 Å². The van der Waals surface area contributed by atoms with Crippen LogP contribution in [0.15, 0.2) is 60.7 Å². The molecule has 0 atom stereocenters. The number of fused-ring (bicyclic) bond motifs is 4. The molecule has 1 heterocycles. The van der Waals surface area contributed by atoms with Crippen LogP contribution in [0.2, 0.25) is 0 Å². The van der Waals surface area contributed by atoms with E-state index in [0.717, 1.165) is 32.6 Å². The summed E-state index contributed by atoms with van der Waals surface area (Å²) in [5.41, 5.74) is 1.75. The van der Waals surface area contributed by atoms with Crippen molar-refractivity contribution in [2.24, 2.45) is 0 Å². The Kier molecular flexibility index (Phi) is 2.48. The minimum Gasteiger partial charge on any atom is -0.452 e. The highest BCUT2D eigenvalue weighted by atomic mass is 16.5. The molecule has 4 rings (SSSR count). The lowest BCUT2D eigenvalue weighted by molar-refractivity contribution is 0.175. The number of ether oxygens (including phenoxy) is 1. The van der Waals surface area contributed by atoms with Crippen molar-refractivity contribution in [3.05, 3.63) is 60.7 Å². The van der Waals surface area contributed by atoms with Gasteiger partial charge >= 0.3 is 6.09 Å². The third kappa shape index (κ3) is 1.64.